The van der Waals surface area contributed by atoms with Gasteiger partial charge in [0.1, 0.15) is 29.7 Å². The molecule has 0 saturated carbocycles. The summed E-state index contributed by atoms with van der Waals surface area (Å²) in [6.07, 6.45) is 8.10. The predicted molar refractivity (Wildman–Crippen MR) is 211 cm³/mol. The third-order valence-electron chi connectivity index (χ3n) is 9.64. The number of hydrogen-bond acceptors (Lipinski definition) is 4. The van der Waals surface area contributed by atoms with Gasteiger partial charge in [-0.3, -0.25) is 4.57 Å². The fourth-order valence-electron chi connectivity index (χ4n) is 7.08. The molecular formula is C46H42N4O2. The fourth-order valence-corrected chi connectivity index (χ4v) is 7.08. The molecule has 0 N–H and O–H groups in total. The number of ether oxygens (including phenoxy) is 2. The summed E-state index contributed by atoms with van der Waals surface area (Å²) in [5, 5.41) is 7.10. The van der Waals surface area contributed by atoms with Gasteiger partial charge in [-0.1, -0.05) is 68.4 Å². The lowest BCUT2D eigenvalue weighted by Gasteiger charge is -2.13. The average molecular weight is 683 g/mol. The normalized spacial score (nSPS) is 11.5. The molecule has 3 heterocycles. The molecule has 3 aromatic heterocycles. The first kappa shape index (κ1) is 33.0. The zero-order valence-electron chi connectivity index (χ0n) is 30.1. The number of rotatable bonds is 11. The Labute approximate surface area is 304 Å². The summed E-state index contributed by atoms with van der Waals surface area (Å²) >= 11 is 0. The van der Waals surface area contributed by atoms with Gasteiger partial charge in [0.2, 0.25) is 0 Å². The number of aromatic nitrogens is 4. The van der Waals surface area contributed by atoms with Crippen molar-refractivity contribution in [3.05, 3.63) is 162 Å². The van der Waals surface area contributed by atoms with E-state index in [1.165, 1.54) is 10.9 Å². The Morgan fingerprint density at radius 1 is 0.673 bits per heavy atom. The molecule has 0 amide bonds. The minimum Gasteiger partial charge on any atom is -0.489 e. The second-order valence-electron chi connectivity index (χ2n) is 14.0. The van der Waals surface area contributed by atoms with E-state index in [1.54, 1.807) is 0 Å². The molecule has 0 fully saturated rings. The van der Waals surface area contributed by atoms with Gasteiger partial charge in [0, 0.05) is 40.9 Å². The monoisotopic (exact) mass is 682 g/mol. The van der Waals surface area contributed by atoms with E-state index in [0.29, 0.717) is 12.5 Å². The lowest BCUT2D eigenvalue weighted by atomic mass is 9.98. The third-order valence-corrected chi connectivity index (χ3v) is 9.64. The summed E-state index contributed by atoms with van der Waals surface area (Å²) < 4.78 is 16.8. The van der Waals surface area contributed by atoms with Crippen molar-refractivity contribution < 1.29 is 9.47 Å². The van der Waals surface area contributed by atoms with Crippen molar-refractivity contribution in [3.8, 4) is 39.9 Å². The van der Waals surface area contributed by atoms with Crippen LogP contribution in [-0.2, 0) is 13.0 Å². The van der Waals surface area contributed by atoms with Gasteiger partial charge < -0.3 is 9.47 Å². The van der Waals surface area contributed by atoms with Gasteiger partial charge in [-0.2, -0.15) is 5.10 Å². The molecule has 52 heavy (non-hydrogen) atoms. The summed E-state index contributed by atoms with van der Waals surface area (Å²) in [7, 11) is 0. The highest BCUT2D eigenvalue weighted by Gasteiger charge is 2.16. The Kier molecular flexibility index (Phi) is 9.04. The molecule has 8 aromatic rings. The number of aryl methyl sites for hydroxylation is 3. The predicted octanol–water partition coefficient (Wildman–Crippen LogP) is 11.6. The molecule has 0 aliphatic rings. The van der Waals surface area contributed by atoms with Crippen molar-refractivity contribution in [2.24, 2.45) is 5.92 Å². The van der Waals surface area contributed by atoms with Crippen molar-refractivity contribution in [1.82, 2.24) is 19.3 Å². The summed E-state index contributed by atoms with van der Waals surface area (Å²) in [5.74, 6) is 3.92. The van der Waals surface area contributed by atoms with Gasteiger partial charge >= 0.3 is 0 Å². The van der Waals surface area contributed by atoms with E-state index in [4.69, 9.17) is 19.6 Å². The van der Waals surface area contributed by atoms with Crippen LogP contribution in [0.3, 0.4) is 0 Å². The van der Waals surface area contributed by atoms with E-state index in [1.807, 2.05) is 65.6 Å². The molecule has 0 aliphatic heterocycles. The van der Waals surface area contributed by atoms with Crippen LogP contribution in [0.15, 0.2) is 140 Å². The number of pyridine rings is 1. The molecule has 0 aliphatic carbocycles. The molecule has 5 aromatic carbocycles. The number of nitrogens with zero attached hydrogens (tertiary/aromatic N) is 4. The molecule has 6 nitrogen and oxygen atoms in total. The van der Waals surface area contributed by atoms with Crippen LogP contribution in [0.4, 0.5) is 0 Å². The molecule has 258 valence electrons. The zero-order chi connectivity index (χ0) is 35.6. The van der Waals surface area contributed by atoms with Crippen molar-refractivity contribution >= 4 is 21.8 Å². The number of benzene rings is 5. The van der Waals surface area contributed by atoms with Gasteiger partial charge in [-0.15, -0.1) is 0 Å². The maximum Gasteiger partial charge on any atom is 0.137 e. The molecule has 0 atom stereocenters. The topological polar surface area (TPSA) is 54.1 Å². The number of hydrogen-bond donors (Lipinski definition) is 0. The molecule has 0 unspecified atom stereocenters. The van der Waals surface area contributed by atoms with Crippen molar-refractivity contribution in [2.45, 2.75) is 47.1 Å². The minimum atomic E-state index is 0.538. The first-order valence-electron chi connectivity index (χ1n) is 18.0. The van der Waals surface area contributed by atoms with Gasteiger partial charge in [0.15, 0.2) is 0 Å². The van der Waals surface area contributed by atoms with Crippen LogP contribution in [0.5, 0.6) is 17.2 Å². The Morgan fingerprint density at radius 2 is 1.44 bits per heavy atom. The van der Waals surface area contributed by atoms with E-state index in [-0.39, 0.29) is 0 Å². The molecule has 8 rings (SSSR count). The summed E-state index contributed by atoms with van der Waals surface area (Å²) in [5.41, 5.74) is 10.0. The van der Waals surface area contributed by atoms with E-state index < -0.39 is 0 Å². The Hall–Kier alpha value is -6.14. The molecule has 6 heteroatoms. The SMILES string of the molecule is Cc1cc(OCc2ccccc2)cc(C)c1-c1cnn(-c2cccc(Oc3ccc4c5ccccc5n(-c5cc(CCC(C)C)ccn5)c4c3)c2)c1. The Morgan fingerprint density at radius 3 is 2.27 bits per heavy atom. The second-order valence-corrected chi connectivity index (χ2v) is 14.0. The quantitative estimate of drug-likeness (QED) is 0.136. The first-order valence-corrected chi connectivity index (χ1v) is 18.0. The van der Waals surface area contributed by atoms with Crippen LogP contribution in [0.2, 0.25) is 0 Å². The Balaban J connectivity index is 1.06. The average Bonchev–Trinajstić information content (AvgIpc) is 3.77. The highest BCUT2D eigenvalue weighted by molar-refractivity contribution is 6.09. The standard InChI is InChI=1S/C46H42N4O2/c1-31(2)17-18-34-21-22-47-45(25-34)50-43-16-9-8-15-41(43)42-20-19-39(27-44(42)50)52-38-14-10-13-37(26-38)49-29-36(28-48-49)46-32(3)23-40(24-33(46)4)51-30-35-11-6-5-7-12-35/h5-16,19-29,31H,17-18,30H2,1-4H3. The fraction of sp³-hybridized carbons (Fsp3) is 0.174. The molecule has 0 saturated heterocycles. The van der Waals surface area contributed by atoms with Crippen molar-refractivity contribution in [3.63, 3.8) is 0 Å². The van der Waals surface area contributed by atoms with Crippen LogP contribution < -0.4 is 9.47 Å². The summed E-state index contributed by atoms with van der Waals surface area (Å²) in [6, 6.07) is 41.7. The lowest BCUT2D eigenvalue weighted by molar-refractivity contribution is 0.306. The van der Waals surface area contributed by atoms with Gasteiger partial charge in [0.25, 0.3) is 0 Å². The Bertz CT molecular complexity index is 2490. The maximum atomic E-state index is 6.53. The van der Waals surface area contributed by atoms with Crippen LogP contribution in [0.25, 0.3) is 44.4 Å². The van der Waals surface area contributed by atoms with Crippen LogP contribution in [-0.4, -0.2) is 19.3 Å². The van der Waals surface area contributed by atoms with Crippen LogP contribution in [0.1, 0.15) is 42.5 Å². The highest BCUT2D eigenvalue weighted by atomic mass is 16.5. The molecule has 0 bridgehead atoms. The molecule has 0 spiro atoms. The van der Waals surface area contributed by atoms with Crippen LogP contribution >= 0.6 is 0 Å². The van der Waals surface area contributed by atoms with Gasteiger partial charge in [-0.25, -0.2) is 9.67 Å². The number of para-hydroxylation sites is 1. The highest BCUT2D eigenvalue weighted by Crippen LogP contribution is 2.36. The van der Waals surface area contributed by atoms with E-state index >= 15 is 0 Å². The minimum absolute atomic E-state index is 0.538. The third kappa shape index (κ3) is 6.80. The van der Waals surface area contributed by atoms with Crippen LogP contribution in [0, 0.1) is 19.8 Å². The van der Waals surface area contributed by atoms with E-state index in [2.05, 4.69) is 111 Å². The van der Waals surface area contributed by atoms with Gasteiger partial charge in [-0.05, 0) is 115 Å². The summed E-state index contributed by atoms with van der Waals surface area (Å²) in [4.78, 5) is 4.83. The lowest BCUT2D eigenvalue weighted by Crippen LogP contribution is -2.00. The van der Waals surface area contributed by atoms with Crippen molar-refractivity contribution in [1.29, 1.82) is 0 Å². The zero-order valence-corrected chi connectivity index (χ0v) is 30.1. The molecule has 0 radical (unpaired) electrons. The molecular weight excluding hydrogens is 641 g/mol. The maximum absolute atomic E-state index is 6.53. The summed E-state index contributed by atoms with van der Waals surface area (Å²) in [6.45, 7) is 9.32. The van der Waals surface area contributed by atoms with E-state index in [9.17, 15) is 0 Å². The smallest absolute Gasteiger partial charge is 0.137 e. The largest absolute Gasteiger partial charge is 0.489 e. The second kappa shape index (κ2) is 14.2. The van der Waals surface area contributed by atoms with Crippen molar-refractivity contribution in [2.75, 3.05) is 0 Å². The van der Waals surface area contributed by atoms with Gasteiger partial charge in [0.05, 0.1) is 22.9 Å². The number of fused-ring (bicyclic) bond motifs is 3. The first-order chi connectivity index (χ1) is 25.4. The van der Waals surface area contributed by atoms with E-state index in [0.717, 1.165) is 85.8 Å².